The van der Waals surface area contributed by atoms with Crippen molar-refractivity contribution in [3.8, 4) is 0 Å². The summed E-state index contributed by atoms with van der Waals surface area (Å²) < 4.78 is 0. The van der Waals surface area contributed by atoms with Crippen LogP contribution in [0.5, 0.6) is 0 Å². The highest BCUT2D eigenvalue weighted by molar-refractivity contribution is 5.51. The summed E-state index contributed by atoms with van der Waals surface area (Å²) in [6, 6.07) is 10.8. The van der Waals surface area contributed by atoms with E-state index in [0.29, 0.717) is 6.17 Å². The lowest BCUT2D eigenvalue weighted by molar-refractivity contribution is 0.329. The van der Waals surface area contributed by atoms with E-state index in [1.807, 2.05) is 0 Å². The maximum Gasteiger partial charge on any atom is 0.105 e. The normalized spacial score (nSPS) is 16.8. The third kappa shape index (κ3) is 7.13. The molecule has 0 bridgehead atoms. The fourth-order valence-corrected chi connectivity index (χ4v) is 3.76. The second-order valence-electron chi connectivity index (χ2n) is 7.51. The van der Waals surface area contributed by atoms with Crippen molar-refractivity contribution in [2.45, 2.75) is 90.1 Å². The summed E-state index contributed by atoms with van der Waals surface area (Å²) in [4.78, 5) is 4.76. The number of rotatable bonds is 13. The van der Waals surface area contributed by atoms with E-state index < -0.39 is 0 Å². The molecule has 0 N–H and O–H groups in total. The molecular weight excluding hydrogens is 304 g/mol. The Morgan fingerprint density at radius 1 is 0.720 bits per heavy atom. The quantitative estimate of drug-likeness (QED) is 0.358. The molecular formula is C23H38N2. The highest BCUT2D eigenvalue weighted by Gasteiger charge is 2.23. The van der Waals surface area contributed by atoms with Crippen molar-refractivity contribution in [3.63, 3.8) is 0 Å². The van der Waals surface area contributed by atoms with Crippen LogP contribution in [0.15, 0.2) is 42.7 Å². The van der Waals surface area contributed by atoms with Crippen LogP contribution in [0.4, 0.5) is 5.69 Å². The molecule has 1 aliphatic rings. The van der Waals surface area contributed by atoms with E-state index in [1.165, 1.54) is 82.7 Å². The molecule has 2 heteroatoms. The monoisotopic (exact) mass is 342 g/mol. The van der Waals surface area contributed by atoms with Gasteiger partial charge in [0.05, 0.1) is 0 Å². The van der Waals surface area contributed by atoms with Crippen LogP contribution in [-0.2, 0) is 0 Å². The number of hydrogen-bond donors (Lipinski definition) is 0. The first kappa shape index (κ1) is 19.9. The molecule has 0 fully saturated rings. The summed E-state index contributed by atoms with van der Waals surface area (Å²) in [7, 11) is 2.20. The third-order valence-corrected chi connectivity index (χ3v) is 5.37. The Bertz CT molecular complexity index is 468. The van der Waals surface area contributed by atoms with Crippen LogP contribution >= 0.6 is 0 Å². The van der Waals surface area contributed by atoms with Crippen LogP contribution in [0.25, 0.3) is 0 Å². The van der Waals surface area contributed by atoms with E-state index in [2.05, 4.69) is 66.5 Å². The van der Waals surface area contributed by atoms with E-state index in [4.69, 9.17) is 0 Å². The maximum atomic E-state index is 2.41. The zero-order chi connectivity index (χ0) is 17.7. The average Bonchev–Trinajstić information content (AvgIpc) is 3.01. The van der Waals surface area contributed by atoms with E-state index in [1.54, 1.807) is 0 Å². The second-order valence-corrected chi connectivity index (χ2v) is 7.51. The topological polar surface area (TPSA) is 6.48 Å². The summed E-state index contributed by atoms with van der Waals surface area (Å²) in [6.07, 6.45) is 21.7. The number of hydrogen-bond acceptors (Lipinski definition) is 2. The molecule has 25 heavy (non-hydrogen) atoms. The van der Waals surface area contributed by atoms with Crippen molar-refractivity contribution < 1.29 is 0 Å². The number of benzene rings is 1. The smallest absolute Gasteiger partial charge is 0.105 e. The predicted molar refractivity (Wildman–Crippen MR) is 111 cm³/mol. The Kier molecular flexibility index (Phi) is 9.54. The van der Waals surface area contributed by atoms with Gasteiger partial charge in [0.2, 0.25) is 0 Å². The van der Waals surface area contributed by atoms with Crippen molar-refractivity contribution in [3.05, 3.63) is 42.7 Å². The molecule has 0 aliphatic carbocycles. The molecule has 1 aromatic carbocycles. The van der Waals surface area contributed by atoms with Crippen molar-refractivity contribution in [2.75, 3.05) is 11.9 Å². The van der Waals surface area contributed by atoms with E-state index in [9.17, 15) is 0 Å². The largest absolute Gasteiger partial charge is 0.359 e. The van der Waals surface area contributed by atoms with Crippen molar-refractivity contribution >= 4 is 5.69 Å². The summed E-state index contributed by atoms with van der Waals surface area (Å²) >= 11 is 0. The number of para-hydroxylation sites is 1. The highest BCUT2D eigenvalue weighted by atomic mass is 15.4. The molecule has 2 rings (SSSR count). The standard InChI is InChI=1S/C23H38N2/c1-3-4-5-6-7-8-9-10-11-12-16-19-23-24(2)20-21-25(23)22-17-14-13-15-18-22/h13-15,17-18,20-21,23H,3-12,16,19H2,1-2H3. The second kappa shape index (κ2) is 12.0. The minimum atomic E-state index is 0.487. The van der Waals surface area contributed by atoms with E-state index in [0.717, 1.165) is 0 Å². The lowest BCUT2D eigenvalue weighted by Gasteiger charge is -2.30. The van der Waals surface area contributed by atoms with Gasteiger partial charge in [-0.2, -0.15) is 0 Å². The number of nitrogens with zero attached hydrogens (tertiary/aromatic N) is 2. The summed E-state index contributed by atoms with van der Waals surface area (Å²) in [5.74, 6) is 0. The molecule has 0 amide bonds. The Hall–Kier alpha value is -1.44. The van der Waals surface area contributed by atoms with Gasteiger partial charge in [-0.25, -0.2) is 0 Å². The average molecular weight is 343 g/mol. The Balaban J connectivity index is 1.54. The maximum absolute atomic E-state index is 2.41. The molecule has 1 unspecified atom stereocenters. The fourth-order valence-electron chi connectivity index (χ4n) is 3.76. The van der Waals surface area contributed by atoms with Gasteiger partial charge < -0.3 is 9.80 Å². The van der Waals surface area contributed by atoms with Crippen molar-refractivity contribution in [2.24, 2.45) is 0 Å². The first-order valence-corrected chi connectivity index (χ1v) is 10.6. The van der Waals surface area contributed by atoms with Crippen LogP contribution < -0.4 is 4.90 Å². The highest BCUT2D eigenvalue weighted by Crippen LogP contribution is 2.26. The van der Waals surface area contributed by atoms with Crippen LogP contribution in [0, 0.1) is 0 Å². The third-order valence-electron chi connectivity index (χ3n) is 5.37. The zero-order valence-corrected chi connectivity index (χ0v) is 16.5. The van der Waals surface area contributed by atoms with Gasteiger partial charge in [-0.05, 0) is 25.0 Å². The van der Waals surface area contributed by atoms with Gasteiger partial charge in [0, 0.05) is 25.1 Å². The predicted octanol–water partition coefficient (Wildman–Crippen LogP) is 6.94. The lowest BCUT2D eigenvalue weighted by atomic mass is 10.0. The van der Waals surface area contributed by atoms with Crippen molar-refractivity contribution in [1.82, 2.24) is 4.90 Å². The molecule has 0 saturated heterocycles. The SMILES string of the molecule is CCCCCCCCCCCCCC1N(C)C=CN1c1ccccc1. The van der Waals surface area contributed by atoms with Crippen LogP contribution in [0.3, 0.4) is 0 Å². The van der Waals surface area contributed by atoms with Gasteiger partial charge in [0.1, 0.15) is 6.17 Å². The van der Waals surface area contributed by atoms with Gasteiger partial charge in [0.25, 0.3) is 0 Å². The van der Waals surface area contributed by atoms with Gasteiger partial charge in [-0.3, -0.25) is 0 Å². The minimum absolute atomic E-state index is 0.487. The van der Waals surface area contributed by atoms with Crippen LogP contribution in [0.1, 0.15) is 84.0 Å². The van der Waals surface area contributed by atoms with E-state index >= 15 is 0 Å². The molecule has 0 spiro atoms. The lowest BCUT2D eigenvalue weighted by Crippen LogP contribution is -2.36. The molecule has 140 valence electrons. The molecule has 1 aliphatic heterocycles. The molecule has 0 saturated carbocycles. The summed E-state index contributed by atoms with van der Waals surface area (Å²) in [5, 5.41) is 0. The van der Waals surface area contributed by atoms with Gasteiger partial charge in [-0.15, -0.1) is 0 Å². The zero-order valence-electron chi connectivity index (χ0n) is 16.5. The Morgan fingerprint density at radius 2 is 1.28 bits per heavy atom. The first-order chi connectivity index (χ1) is 12.3. The molecule has 1 heterocycles. The number of unbranched alkanes of at least 4 members (excludes halogenated alkanes) is 10. The van der Waals surface area contributed by atoms with Crippen molar-refractivity contribution in [1.29, 1.82) is 0 Å². The molecule has 1 atom stereocenters. The molecule has 0 aromatic heterocycles. The van der Waals surface area contributed by atoms with Gasteiger partial charge >= 0.3 is 0 Å². The number of anilines is 1. The van der Waals surface area contributed by atoms with E-state index in [-0.39, 0.29) is 0 Å². The minimum Gasteiger partial charge on any atom is -0.359 e. The molecule has 1 aromatic rings. The summed E-state index contributed by atoms with van der Waals surface area (Å²) in [5.41, 5.74) is 1.30. The Morgan fingerprint density at radius 3 is 1.88 bits per heavy atom. The fraction of sp³-hybridized carbons (Fsp3) is 0.652. The first-order valence-electron chi connectivity index (χ1n) is 10.6. The van der Waals surface area contributed by atoms with Crippen LogP contribution in [-0.4, -0.2) is 18.1 Å². The van der Waals surface area contributed by atoms with Crippen LogP contribution in [0.2, 0.25) is 0 Å². The Labute approximate surface area is 155 Å². The molecule has 0 radical (unpaired) electrons. The summed E-state index contributed by atoms with van der Waals surface area (Å²) in [6.45, 7) is 2.29. The molecule has 2 nitrogen and oxygen atoms in total. The van der Waals surface area contributed by atoms with Gasteiger partial charge in [0.15, 0.2) is 0 Å². The van der Waals surface area contributed by atoms with Gasteiger partial charge in [-0.1, -0.05) is 89.3 Å².